The smallest absolute Gasteiger partial charge is 0.237 e. The molecule has 1 saturated carbocycles. The molecule has 0 radical (unpaired) electrons. The number of hydrogen-bond acceptors (Lipinski definition) is 2. The van der Waals surface area contributed by atoms with Gasteiger partial charge in [-0.2, -0.15) is 0 Å². The van der Waals surface area contributed by atoms with Crippen molar-refractivity contribution < 1.29 is 4.79 Å². The maximum absolute atomic E-state index is 10.8. The van der Waals surface area contributed by atoms with Gasteiger partial charge in [0.25, 0.3) is 0 Å². The van der Waals surface area contributed by atoms with Crippen LogP contribution in [0.5, 0.6) is 0 Å². The minimum absolute atomic E-state index is 0.352. The summed E-state index contributed by atoms with van der Waals surface area (Å²) in [6, 6.07) is 0. The predicted octanol–water partition coefficient (Wildman–Crippen LogP) is 0.235. The molecule has 3 nitrogen and oxygen atoms in total. The van der Waals surface area contributed by atoms with E-state index in [0.717, 1.165) is 12.8 Å². The molecule has 0 aromatic heterocycles. The molecule has 0 aliphatic heterocycles. The molecule has 64 valence electrons. The third-order valence-electron chi connectivity index (χ3n) is 2.69. The van der Waals surface area contributed by atoms with Crippen LogP contribution in [-0.2, 0) is 4.79 Å². The lowest BCUT2D eigenvalue weighted by atomic mass is 9.64. The van der Waals surface area contributed by atoms with Crippen molar-refractivity contribution in [1.82, 2.24) is 0 Å². The first kappa shape index (κ1) is 8.53. The number of carbonyl (C=O) groups is 1. The fourth-order valence-corrected chi connectivity index (χ4v) is 1.55. The third kappa shape index (κ3) is 1.38. The van der Waals surface area contributed by atoms with E-state index in [1.54, 1.807) is 0 Å². The number of carbonyl (C=O) groups excluding carboxylic acids is 1. The Balaban J connectivity index is 2.44. The van der Waals surface area contributed by atoms with Gasteiger partial charge in [-0.05, 0) is 24.7 Å². The van der Waals surface area contributed by atoms with Gasteiger partial charge < -0.3 is 11.5 Å². The van der Waals surface area contributed by atoms with Crippen LogP contribution in [0.25, 0.3) is 0 Å². The number of primary amides is 1. The van der Waals surface area contributed by atoms with Crippen LogP contribution < -0.4 is 11.5 Å². The number of hydrogen-bond donors (Lipinski definition) is 2. The van der Waals surface area contributed by atoms with E-state index in [0.29, 0.717) is 11.8 Å². The van der Waals surface area contributed by atoms with E-state index in [9.17, 15) is 4.79 Å². The molecule has 1 aliphatic carbocycles. The first-order chi connectivity index (χ1) is 4.96. The van der Waals surface area contributed by atoms with E-state index in [1.807, 2.05) is 0 Å². The van der Waals surface area contributed by atoms with E-state index in [4.69, 9.17) is 11.5 Å². The molecule has 0 saturated heterocycles. The molecular formula is C8H16N2O. The molecule has 1 amide bonds. The second-order valence-corrected chi connectivity index (χ2v) is 3.93. The highest BCUT2D eigenvalue weighted by molar-refractivity contribution is 5.85. The van der Waals surface area contributed by atoms with Crippen LogP contribution in [0.4, 0.5) is 0 Å². The fraction of sp³-hybridized carbons (Fsp3) is 0.875. The highest BCUT2D eigenvalue weighted by Crippen LogP contribution is 2.39. The molecule has 11 heavy (non-hydrogen) atoms. The van der Waals surface area contributed by atoms with Crippen LogP contribution in [0.15, 0.2) is 0 Å². The molecule has 3 heteroatoms. The van der Waals surface area contributed by atoms with Crippen LogP contribution in [0.2, 0.25) is 0 Å². The minimum Gasteiger partial charge on any atom is -0.368 e. The van der Waals surface area contributed by atoms with Crippen molar-refractivity contribution >= 4 is 5.91 Å². The Hall–Kier alpha value is -0.570. The average Bonchev–Trinajstić information content (AvgIpc) is 1.79. The summed E-state index contributed by atoms with van der Waals surface area (Å²) in [5, 5.41) is 0. The summed E-state index contributed by atoms with van der Waals surface area (Å²) in [5.74, 6) is 0.855. The van der Waals surface area contributed by atoms with Crippen molar-refractivity contribution in [3.05, 3.63) is 0 Å². The molecule has 0 aromatic rings. The number of amides is 1. The van der Waals surface area contributed by atoms with Gasteiger partial charge in [0.05, 0.1) is 5.54 Å². The lowest BCUT2D eigenvalue weighted by molar-refractivity contribution is -0.128. The summed E-state index contributed by atoms with van der Waals surface area (Å²) in [6.07, 6.45) is 1.53. The summed E-state index contributed by atoms with van der Waals surface area (Å²) in [6.45, 7) is 4.29. The van der Waals surface area contributed by atoms with E-state index in [-0.39, 0.29) is 5.91 Å². The standard InChI is InChI=1S/C8H16N2O/c1-5(2)6-3-8(10,4-6)7(9)11/h5-6H,3-4,10H2,1-2H3,(H2,9,11). The normalized spacial score (nSPS) is 36.9. The molecule has 0 unspecified atom stereocenters. The van der Waals surface area contributed by atoms with Gasteiger partial charge in [-0.1, -0.05) is 13.8 Å². The van der Waals surface area contributed by atoms with E-state index >= 15 is 0 Å². The second kappa shape index (κ2) is 2.48. The van der Waals surface area contributed by atoms with Gasteiger partial charge in [-0.25, -0.2) is 0 Å². The fourth-order valence-electron chi connectivity index (χ4n) is 1.55. The van der Waals surface area contributed by atoms with Crippen molar-refractivity contribution in [2.75, 3.05) is 0 Å². The highest BCUT2D eigenvalue weighted by Gasteiger charge is 2.46. The van der Waals surface area contributed by atoms with E-state index < -0.39 is 5.54 Å². The summed E-state index contributed by atoms with van der Waals surface area (Å²) < 4.78 is 0. The third-order valence-corrected chi connectivity index (χ3v) is 2.69. The monoisotopic (exact) mass is 156 g/mol. The zero-order valence-corrected chi connectivity index (χ0v) is 7.13. The Bertz CT molecular complexity index is 171. The summed E-state index contributed by atoms with van der Waals surface area (Å²) in [7, 11) is 0. The molecule has 0 bridgehead atoms. The molecule has 0 aromatic carbocycles. The average molecular weight is 156 g/mol. The van der Waals surface area contributed by atoms with Gasteiger partial charge in [-0.3, -0.25) is 4.79 Å². The summed E-state index contributed by atoms with van der Waals surface area (Å²) in [5.41, 5.74) is 10.1. The lowest BCUT2D eigenvalue weighted by Gasteiger charge is -2.44. The molecule has 1 fully saturated rings. The Labute approximate surface area is 67.1 Å². The lowest BCUT2D eigenvalue weighted by Crippen LogP contribution is -2.61. The zero-order valence-electron chi connectivity index (χ0n) is 7.13. The first-order valence-electron chi connectivity index (χ1n) is 4.04. The van der Waals surface area contributed by atoms with Crippen LogP contribution in [0.3, 0.4) is 0 Å². The zero-order chi connectivity index (χ0) is 8.65. The van der Waals surface area contributed by atoms with E-state index in [1.165, 1.54) is 0 Å². The molecule has 0 atom stereocenters. The van der Waals surface area contributed by atoms with Gasteiger partial charge in [0.15, 0.2) is 0 Å². The van der Waals surface area contributed by atoms with Crippen LogP contribution >= 0.6 is 0 Å². The van der Waals surface area contributed by atoms with Crippen molar-refractivity contribution in [2.24, 2.45) is 23.3 Å². The quantitative estimate of drug-likeness (QED) is 0.601. The Kier molecular flexibility index (Phi) is 1.92. The maximum atomic E-state index is 10.8. The first-order valence-corrected chi connectivity index (χ1v) is 4.04. The van der Waals surface area contributed by atoms with Crippen molar-refractivity contribution in [3.63, 3.8) is 0 Å². The Morgan fingerprint density at radius 3 is 2.27 bits per heavy atom. The van der Waals surface area contributed by atoms with Crippen LogP contribution in [0.1, 0.15) is 26.7 Å². The summed E-state index contributed by atoms with van der Waals surface area (Å²) >= 11 is 0. The van der Waals surface area contributed by atoms with Crippen molar-refractivity contribution in [3.8, 4) is 0 Å². The van der Waals surface area contributed by atoms with Gasteiger partial charge in [0.2, 0.25) is 5.91 Å². The van der Waals surface area contributed by atoms with Crippen LogP contribution in [0, 0.1) is 11.8 Å². The second-order valence-electron chi connectivity index (χ2n) is 3.93. The van der Waals surface area contributed by atoms with Gasteiger partial charge in [-0.15, -0.1) is 0 Å². The van der Waals surface area contributed by atoms with Crippen LogP contribution in [-0.4, -0.2) is 11.4 Å². The van der Waals surface area contributed by atoms with Crippen molar-refractivity contribution in [1.29, 1.82) is 0 Å². The topological polar surface area (TPSA) is 69.1 Å². The molecule has 1 aliphatic rings. The number of nitrogens with two attached hydrogens (primary N) is 2. The molecule has 0 spiro atoms. The Morgan fingerprint density at radius 2 is 2.00 bits per heavy atom. The SMILES string of the molecule is CC(C)C1CC(N)(C(N)=O)C1. The van der Waals surface area contributed by atoms with Gasteiger partial charge >= 0.3 is 0 Å². The highest BCUT2D eigenvalue weighted by atomic mass is 16.1. The molecule has 4 N–H and O–H groups in total. The summed E-state index contributed by atoms with van der Waals surface area (Å²) in [4.78, 5) is 10.8. The van der Waals surface area contributed by atoms with E-state index in [2.05, 4.69) is 13.8 Å². The maximum Gasteiger partial charge on any atom is 0.237 e. The predicted molar refractivity (Wildman–Crippen MR) is 43.7 cm³/mol. The number of rotatable bonds is 2. The molecular weight excluding hydrogens is 140 g/mol. The minimum atomic E-state index is -0.686. The Morgan fingerprint density at radius 1 is 1.55 bits per heavy atom. The molecule has 1 rings (SSSR count). The largest absolute Gasteiger partial charge is 0.368 e. The molecule has 0 heterocycles. The van der Waals surface area contributed by atoms with Gasteiger partial charge in [0.1, 0.15) is 0 Å². The van der Waals surface area contributed by atoms with Gasteiger partial charge in [0, 0.05) is 0 Å². The van der Waals surface area contributed by atoms with Crippen molar-refractivity contribution in [2.45, 2.75) is 32.2 Å².